The Balaban J connectivity index is 4.48. The molecule has 0 aliphatic heterocycles. The van der Waals surface area contributed by atoms with Gasteiger partial charge in [0.1, 0.15) is 12.7 Å². The first-order valence-electron chi connectivity index (χ1n) is 16.1. The van der Waals surface area contributed by atoms with E-state index in [1.165, 1.54) is 32.1 Å². The number of ether oxygens (including phenoxy) is 2. The molecule has 0 aromatic heterocycles. The number of hydrogen-bond acceptors (Lipinski definition) is 9. The zero-order valence-corrected chi connectivity index (χ0v) is 27.1. The topological polar surface area (TPSA) is 149 Å². The highest BCUT2D eigenvalue weighted by Crippen LogP contribution is 2.43. The smallest absolute Gasteiger partial charge is 0.462 e. The predicted octanol–water partition coefficient (Wildman–Crippen LogP) is 6.94. The molecule has 0 heterocycles. The molecule has 0 radical (unpaired) electrons. The number of hydrogen-bond donors (Lipinski definition) is 3. The van der Waals surface area contributed by atoms with Gasteiger partial charge in [0.15, 0.2) is 6.10 Å². The quantitative estimate of drug-likeness (QED) is 0.0333. The lowest BCUT2D eigenvalue weighted by Crippen LogP contribution is -2.29. The second-order valence-electron chi connectivity index (χ2n) is 10.8. The minimum atomic E-state index is -4.60. The molecule has 0 fully saturated rings. The summed E-state index contributed by atoms with van der Waals surface area (Å²) in [7, 11) is -4.60. The maximum atomic E-state index is 12.4. The van der Waals surface area contributed by atoms with Crippen LogP contribution in [0.25, 0.3) is 0 Å². The monoisotopic (exact) mass is 622 g/mol. The number of unbranched alkanes of at least 4 members (excludes halogenated alkanes) is 14. The number of phosphoric ester groups is 1. The van der Waals surface area contributed by atoms with Gasteiger partial charge in [-0.2, -0.15) is 0 Å². The van der Waals surface area contributed by atoms with Crippen molar-refractivity contribution in [3.05, 3.63) is 12.2 Å². The molecule has 0 bridgehead atoms. The summed E-state index contributed by atoms with van der Waals surface area (Å²) >= 11 is 0. The van der Waals surface area contributed by atoms with Crippen LogP contribution >= 0.6 is 7.82 Å². The molecule has 0 aliphatic rings. The van der Waals surface area contributed by atoms with Crippen LogP contribution in [-0.2, 0) is 32.7 Å². The summed E-state index contributed by atoms with van der Waals surface area (Å²) in [6.45, 7) is 2.24. The van der Waals surface area contributed by atoms with Gasteiger partial charge in [-0.25, -0.2) is 4.57 Å². The first-order valence-corrected chi connectivity index (χ1v) is 17.6. The predicted molar refractivity (Wildman–Crippen MR) is 164 cm³/mol. The van der Waals surface area contributed by atoms with E-state index in [0.717, 1.165) is 64.2 Å². The summed E-state index contributed by atoms with van der Waals surface area (Å²) in [5.74, 6) is -0.941. The van der Waals surface area contributed by atoms with Crippen LogP contribution in [0.2, 0.25) is 0 Å². The molecule has 3 atom stereocenters. The van der Waals surface area contributed by atoms with Crippen LogP contribution < -0.4 is 0 Å². The molecule has 11 heteroatoms. The highest BCUT2D eigenvalue weighted by atomic mass is 31.2. The first kappa shape index (κ1) is 40.7. The van der Waals surface area contributed by atoms with Gasteiger partial charge < -0.3 is 24.6 Å². The average molecular weight is 623 g/mol. The number of phosphoric acid groups is 1. The van der Waals surface area contributed by atoms with Gasteiger partial charge >= 0.3 is 19.8 Å². The minimum Gasteiger partial charge on any atom is -0.462 e. The van der Waals surface area contributed by atoms with Crippen molar-refractivity contribution in [1.29, 1.82) is 0 Å². The van der Waals surface area contributed by atoms with Crippen molar-refractivity contribution in [1.82, 2.24) is 0 Å². The Hall–Kier alpha value is -1.29. The standard InChI is InChI=1S/C31H59O10P/c1-3-5-7-9-11-13-15-17-19-21-23-31(35)41-29(27-40-42(36,37)39-25-28(33)24-32)26-38-30(34)22-20-18-16-14-12-10-8-6-4-2/h7,9,28-29,32-33H,3-6,8,10-27H2,1-2H3,(H,36,37)/b9-7-. The zero-order chi connectivity index (χ0) is 31.3. The third-order valence-corrected chi connectivity index (χ3v) is 7.60. The van der Waals surface area contributed by atoms with E-state index >= 15 is 0 Å². The Labute approximate surface area is 254 Å². The van der Waals surface area contributed by atoms with Crippen molar-refractivity contribution in [3.63, 3.8) is 0 Å². The van der Waals surface area contributed by atoms with Crippen molar-refractivity contribution in [2.75, 3.05) is 26.4 Å². The normalized spacial score (nSPS) is 14.5. The number of carbonyl (C=O) groups is 2. The van der Waals surface area contributed by atoms with Gasteiger partial charge in [-0.1, -0.05) is 103 Å². The van der Waals surface area contributed by atoms with E-state index in [1.54, 1.807) is 0 Å². The number of aliphatic hydroxyl groups is 2. The second-order valence-corrected chi connectivity index (χ2v) is 12.3. The van der Waals surface area contributed by atoms with Gasteiger partial charge in [-0.3, -0.25) is 18.6 Å². The van der Waals surface area contributed by atoms with E-state index < -0.39 is 51.8 Å². The molecule has 0 aliphatic carbocycles. The number of esters is 2. The molecule has 10 nitrogen and oxygen atoms in total. The van der Waals surface area contributed by atoms with Gasteiger partial charge in [0.2, 0.25) is 0 Å². The SMILES string of the molecule is CCC/C=C\CCCCCCCC(=O)OC(COC(=O)CCCCCCCCCCC)COP(=O)(O)OCC(O)CO. The number of allylic oxidation sites excluding steroid dienone is 2. The molecular weight excluding hydrogens is 563 g/mol. The molecule has 42 heavy (non-hydrogen) atoms. The van der Waals surface area contributed by atoms with Gasteiger partial charge in [-0.15, -0.1) is 0 Å². The molecule has 0 spiro atoms. The fraction of sp³-hybridized carbons (Fsp3) is 0.871. The highest BCUT2D eigenvalue weighted by Gasteiger charge is 2.27. The van der Waals surface area contributed by atoms with E-state index in [4.69, 9.17) is 19.1 Å². The second kappa shape index (κ2) is 28.5. The van der Waals surface area contributed by atoms with Gasteiger partial charge in [0.05, 0.1) is 19.8 Å². The van der Waals surface area contributed by atoms with Crippen molar-refractivity contribution in [2.24, 2.45) is 0 Å². The van der Waals surface area contributed by atoms with E-state index in [1.807, 2.05) is 0 Å². The third-order valence-electron chi connectivity index (χ3n) is 6.65. The van der Waals surface area contributed by atoms with Crippen molar-refractivity contribution in [2.45, 2.75) is 148 Å². The molecule has 3 N–H and O–H groups in total. The Kier molecular flexibility index (Phi) is 27.6. The van der Waals surface area contributed by atoms with Gasteiger partial charge in [0, 0.05) is 12.8 Å². The van der Waals surface area contributed by atoms with Gasteiger partial charge in [0.25, 0.3) is 0 Å². The molecule has 0 saturated heterocycles. The molecule has 0 saturated carbocycles. The van der Waals surface area contributed by atoms with Crippen molar-refractivity contribution < 1.29 is 47.8 Å². The van der Waals surface area contributed by atoms with Crippen LogP contribution in [-0.4, -0.2) is 65.7 Å². The summed E-state index contributed by atoms with van der Waals surface area (Å²) in [6, 6.07) is 0. The van der Waals surface area contributed by atoms with Crippen LogP contribution in [0.5, 0.6) is 0 Å². The molecule has 248 valence electrons. The fourth-order valence-electron chi connectivity index (χ4n) is 4.11. The molecule has 0 amide bonds. The largest absolute Gasteiger partial charge is 0.472 e. The first-order chi connectivity index (χ1) is 20.2. The lowest BCUT2D eigenvalue weighted by molar-refractivity contribution is -0.161. The maximum Gasteiger partial charge on any atom is 0.472 e. The Morgan fingerprint density at radius 2 is 1.21 bits per heavy atom. The number of aliphatic hydroxyl groups excluding tert-OH is 2. The minimum absolute atomic E-state index is 0.176. The maximum absolute atomic E-state index is 12.4. The van der Waals surface area contributed by atoms with Crippen LogP contribution in [0.1, 0.15) is 136 Å². The van der Waals surface area contributed by atoms with Crippen LogP contribution in [0, 0.1) is 0 Å². The summed E-state index contributed by atoms with van der Waals surface area (Å²) in [5.41, 5.74) is 0. The van der Waals surface area contributed by atoms with E-state index in [-0.39, 0.29) is 19.4 Å². The molecule has 0 aromatic carbocycles. The van der Waals surface area contributed by atoms with Crippen LogP contribution in [0.15, 0.2) is 12.2 Å². The summed E-state index contributed by atoms with van der Waals surface area (Å²) in [5, 5.41) is 18.2. The molecular formula is C31H59O10P. The van der Waals surface area contributed by atoms with Crippen LogP contribution in [0.4, 0.5) is 0 Å². The van der Waals surface area contributed by atoms with Crippen molar-refractivity contribution >= 4 is 19.8 Å². The van der Waals surface area contributed by atoms with Gasteiger partial charge in [-0.05, 0) is 32.1 Å². The summed E-state index contributed by atoms with van der Waals surface area (Å²) in [4.78, 5) is 34.5. The fourth-order valence-corrected chi connectivity index (χ4v) is 4.90. The lowest BCUT2D eigenvalue weighted by atomic mass is 10.1. The molecule has 0 aromatic rings. The molecule has 3 unspecified atom stereocenters. The average Bonchev–Trinajstić information content (AvgIpc) is 2.97. The summed E-state index contributed by atoms with van der Waals surface area (Å²) in [6.07, 6.45) is 20.6. The molecule has 0 rings (SSSR count). The third kappa shape index (κ3) is 27.5. The number of rotatable bonds is 30. The van der Waals surface area contributed by atoms with Crippen LogP contribution in [0.3, 0.4) is 0 Å². The van der Waals surface area contributed by atoms with Crippen molar-refractivity contribution in [3.8, 4) is 0 Å². The Bertz CT molecular complexity index is 731. The van der Waals surface area contributed by atoms with E-state index in [0.29, 0.717) is 12.8 Å². The van der Waals surface area contributed by atoms with E-state index in [9.17, 15) is 24.2 Å². The zero-order valence-electron chi connectivity index (χ0n) is 26.2. The van der Waals surface area contributed by atoms with E-state index in [2.05, 4.69) is 30.5 Å². The highest BCUT2D eigenvalue weighted by molar-refractivity contribution is 7.47. The number of carbonyl (C=O) groups excluding carboxylic acids is 2. The summed E-state index contributed by atoms with van der Waals surface area (Å²) < 4.78 is 32.3. The Morgan fingerprint density at radius 3 is 1.81 bits per heavy atom. The Morgan fingerprint density at radius 1 is 0.690 bits per heavy atom. The lowest BCUT2D eigenvalue weighted by Gasteiger charge is -2.20.